The van der Waals surface area contributed by atoms with E-state index in [1.54, 1.807) is 17.5 Å². The van der Waals surface area contributed by atoms with Gasteiger partial charge in [0, 0.05) is 23.7 Å². The Balaban J connectivity index is 1.70. The summed E-state index contributed by atoms with van der Waals surface area (Å²) in [7, 11) is -3.71. The Morgan fingerprint density at radius 1 is 1.20 bits per heavy atom. The Hall–Kier alpha value is -2.65. The van der Waals surface area contributed by atoms with Crippen LogP contribution in [0.1, 0.15) is 23.2 Å². The van der Waals surface area contributed by atoms with Crippen LogP contribution in [0.25, 0.3) is 0 Å². The van der Waals surface area contributed by atoms with Gasteiger partial charge < -0.3 is 9.73 Å². The van der Waals surface area contributed by atoms with Gasteiger partial charge >= 0.3 is 0 Å². The van der Waals surface area contributed by atoms with Gasteiger partial charge in [-0.05, 0) is 36.4 Å². The normalized spacial score (nSPS) is 11.2. The van der Waals surface area contributed by atoms with Gasteiger partial charge in [0.15, 0.2) is 10.9 Å². The molecule has 9 heteroatoms. The van der Waals surface area contributed by atoms with Crippen LogP contribution in [0, 0.1) is 0 Å². The summed E-state index contributed by atoms with van der Waals surface area (Å²) in [5, 5.41) is 4.63. The molecule has 0 fully saturated rings. The first kappa shape index (κ1) is 17.2. The maximum Gasteiger partial charge on any atom is 0.291 e. The molecule has 2 aromatic heterocycles. The van der Waals surface area contributed by atoms with E-state index >= 15 is 0 Å². The van der Waals surface area contributed by atoms with Gasteiger partial charge in [0.1, 0.15) is 5.76 Å². The van der Waals surface area contributed by atoms with Gasteiger partial charge in [-0.3, -0.25) is 9.52 Å². The van der Waals surface area contributed by atoms with Crippen molar-refractivity contribution >= 4 is 38.1 Å². The number of thiazole rings is 1. The van der Waals surface area contributed by atoms with Crippen molar-refractivity contribution in [3.05, 3.63) is 59.5 Å². The zero-order valence-corrected chi connectivity index (χ0v) is 14.9. The van der Waals surface area contributed by atoms with Gasteiger partial charge in [-0.2, -0.15) is 0 Å². The van der Waals surface area contributed by atoms with Crippen molar-refractivity contribution in [2.45, 2.75) is 18.2 Å². The zero-order chi connectivity index (χ0) is 17.9. The van der Waals surface area contributed by atoms with Crippen LogP contribution in [0.5, 0.6) is 0 Å². The van der Waals surface area contributed by atoms with E-state index in [0.717, 1.165) is 5.76 Å². The molecule has 7 nitrogen and oxygen atoms in total. The van der Waals surface area contributed by atoms with Crippen LogP contribution in [0.4, 0.5) is 10.8 Å². The highest BCUT2D eigenvalue weighted by atomic mass is 32.2. The van der Waals surface area contributed by atoms with Gasteiger partial charge in [-0.25, -0.2) is 13.4 Å². The van der Waals surface area contributed by atoms with Crippen LogP contribution in [-0.4, -0.2) is 19.3 Å². The number of hydrogen-bond donors (Lipinski definition) is 2. The number of nitrogens with one attached hydrogen (secondary N) is 2. The number of rotatable bonds is 6. The maximum absolute atomic E-state index is 12.2. The number of carbonyl (C=O) groups is 1. The van der Waals surface area contributed by atoms with Crippen molar-refractivity contribution in [2.24, 2.45) is 0 Å². The lowest BCUT2D eigenvalue weighted by molar-refractivity contribution is 0.0995. The van der Waals surface area contributed by atoms with Gasteiger partial charge in [-0.1, -0.05) is 6.92 Å². The second-order valence-corrected chi connectivity index (χ2v) is 7.62. The lowest BCUT2D eigenvalue weighted by Crippen LogP contribution is -2.13. The molecule has 0 aliphatic heterocycles. The molecule has 0 atom stereocenters. The number of furan rings is 1. The largest absolute Gasteiger partial charge is 0.456 e. The first-order valence-electron chi connectivity index (χ1n) is 7.40. The second kappa shape index (κ2) is 7.08. The minimum atomic E-state index is -3.71. The average Bonchev–Trinajstić information content (AvgIpc) is 3.26. The predicted octanol–water partition coefficient (Wildman–Crippen LogP) is 3.35. The summed E-state index contributed by atoms with van der Waals surface area (Å²) >= 11 is 1.19. The van der Waals surface area contributed by atoms with Gasteiger partial charge in [0.25, 0.3) is 15.9 Å². The second-order valence-electron chi connectivity index (χ2n) is 5.04. The molecule has 2 N–H and O–H groups in total. The van der Waals surface area contributed by atoms with Gasteiger partial charge in [-0.15, -0.1) is 11.3 Å². The molecule has 0 unspecified atom stereocenters. The van der Waals surface area contributed by atoms with Crippen LogP contribution in [0.2, 0.25) is 0 Å². The lowest BCUT2D eigenvalue weighted by atomic mass is 10.3. The SMILES string of the molecule is CCc1ccc(C(=O)Nc2ccc(S(=O)(=O)Nc3nccs3)cc2)o1. The zero-order valence-electron chi connectivity index (χ0n) is 13.2. The number of aromatic nitrogens is 1. The summed E-state index contributed by atoms with van der Waals surface area (Å²) in [5.74, 6) is 0.537. The number of sulfonamides is 1. The van der Waals surface area contributed by atoms with E-state index in [4.69, 9.17) is 4.42 Å². The minimum absolute atomic E-state index is 0.0759. The highest BCUT2D eigenvalue weighted by molar-refractivity contribution is 7.93. The summed E-state index contributed by atoms with van der Waals surface area (Å²) < 4.78 is 32.3. The predicted molar refractivity (Wildman–Crippen MR) is 95.4 cm³/mol. The highest BCUT2D eigenvalue weighted by Gasteiger charge is 2.16. The third-order valence-corrected chi connectivity index (χ3v) is 5.48. The number of benzene rings is 1. The molecule has 0 bridgehead atoms. The van der Waals surface area contributed by atoms with Crippen molar-refractivity contribution in [3.63, 3.8) is 0 Å². The third-order valence-electron chi connectivity index (χ3n) is 3.31. The fourth-order valence-corrected chi connectivity index (χ4v) is 3.84. The monoisotopic (exact) mass is 377 g/mol. The van der Waals surface area contributed by atoms with Gasteiger partial charge in [0.2, 0.25) is 0 Å². The Kier molecular flexibility index (Phi) is 4.86. The molecule has 0 aliphatic rings. The maximum atomic E-state index is 12.2. The Morgan fingerprint density at radius 3 is 2.56 bits per heavy atom. The van der Waals surface area contributed by atoms with Gasteiger partial charge in [0.05, 0.1) is 4.90 Å². The Labute approximate surface area is 148 Å². The molecule has 1 aromatic carbocycles. The number of amides is 1. The quantitative estimate of drug-likeness (QED) is 0.686. The fourth-order valence-electron chi connectivity index (χ4n) is 2.05. The first-order valence-corrected chi connectivity index (χ1v) is 9.76. The number of aryl methyl sites for hydroxylation is 1. The molecular formula is C16H15N3O4S2. The first-order chi connectivity index (χ1) is 12.0. The van der Waals surface area contributed by atoms with E-state index < -0.39 is 15.9 Å². The molecule has 3 rings (SSSR count). The minimum Gasteiger partial charge on any atom is -0.456 e. The van der Waals surface area contributed by atoms with Crippen LogP contribution in [0.15, 0.2) is 57.3 Å². The van der Waals surface area contributed by atoms with E-state index in [9.17, 15) is 13.2 Å². The lowest BCUT2D eigenvalue weighted by Gasteiger charge is -2.07. The summed E-state index contributed by atoms with van der Waals surface area (Å²) in [5.41, 5.74) is 0.465. The van der Waals surface area contributed by atoms with E-state index in [1.165, 1.54) is 41.8 Å². The number of anilines is 2. The number of nitrogens with zero attached hydrogens (tertiary/aromatic N) is 1. The Bertz CT molecular complexity index is 961. The summed E-state index contributed by atoms with van der Waals surface area (Å²) in [6, 6.07) is 9.19. The van der Waals surface area contributed by atoms with Crippen LogP contribution in [-0.2, 0) is 16.4 Å². The van der Waals surface area contributed by atoms with E-state index in [0.29, 0.717) is 17.2 Å². The molecule has 0 saturated heterocycles. The summed E-state index contributed by atoms with van der Waals surface area (Å²) in [6.45, 7) is 1.93. The fraction of sp³-hybridized carbons (Fsp3) is 0.125. The number of carbonyl (C=O) groups excluding carboxylic acids is 1. The van der Waals surface area contributed by atoms with Crippen molar-refractivity contribution in [1.82, 2.24) is 4.98 Å². The van der Waals surface area contributed by atoms with Crippen molar-refractivity contribution in [2.75, 3.05) is 10.0 Å². The van der Waals surface area contributed by atoms with Crippen molar-refractivity contribution < 1.29 is 17.6 Å². The molecule has 0 saturated carbocycles. The standard InChI is InChI=1S/C16H15N3O4S2/c1-2-12-5-8-14(23-12)15(20)18-11-3-6-13(7-4-11)25(21,22)19-16-17-9-10-24-16/h3-10H,2H2,1H3,(H,17,19)(H,18,20). The molecule has 130 valence electrons. The Morgan fingerprint density at radius 2 is 1.96 bits per heavy atom. The molecular weight excluding hydrogens is 362 g/mol. The smallest absolute Gasteiger partial charge is 0.291 e. The van der Waals surface area contributed by atoms with E-state index in [1.807, 2.05) is 6.92 Å². The average molecular weight is 377 g/mol. The molecule has 3 aromatic rings. The third kappa shape index (κ3) is 4.06. The molecule has 0 radical (unpaired) electrons. The van der Waals surface area contributed by atoms with Crippen LogP contribution >= 0.6 is 11.3 Å². The molecule has 2 heterocycles. The van der Waals surface area contributed by atoms with E-state index in [-0.39, 0.29) is 10.7 Å². The van der Waals surface area contributed by atoms with E-state index in [2.05, 4.69) is 15.0 Å². The molecule has 25 heavy (non-hydrogen) atoms. The van der Waals surface area contributed by atoms with Crippen LogP contribution < -0.4 is 10.0 Å². The number of hydrogen-bond acceptors (Lipinski definition) is 6. The summed E-state index contributed by atoms with van der Waals surface area (Å²) in [6.07, 6.45) is 2.21. The summed E-state index contributed by atoms with van der Waals surface area (Å²) in [4.78, 5) is 16.1. The topological polar surface area (TPSA) is 101 Å². The van der Waals surface area contributed by atoms with Crippen LogP contribution in [0.3, 0.4) is 0 Å². The van der Waals surface area contributed by atoms with Crippen molar-refractivity contribution in [1.29, 1.82) is 0 Å². The molecule has 0 spiro atoms. The molecule has 0 aliphatic carbocycles. The highest BCUT2D eigenvalue weighted by Crippen LogP contribution is 2.20. The van der Waals surface area contributed by atoms with Crippen molar-refractivity contribution in [3.8, 4) is 0 Å². The molecule has 1 amide bonds.